The van der Waals surface area contributed by atoms with Crippen LogP contribution in [0.1, 0.15) is 18.4 Å². The van der Waals surface area contributed by atoms with Crippen molar-refractivity contribution in [2.75, 3.05) is 18.8 Å². The summed E-state index contributed by atoms with van der Waals surface area (Å²) in [6.45, 7) is 2.04. The van der Waals surface area contributed by atoms with Crippen LogP contribution in [-0.4, -0.2) is 29.9 Å². The molecule has 2 heterocycles. The molecule has 5 heteroatoms. The lowest BCUT2D eigenvalue weighted by Gasteiger charge is -2.36. The van der Waals surface area contributed by atoms with Crippen LogP contribution in [0.3, 0.4) is 0 Å². The van der Waals surface area contributed by atoms with Gasteiger partial charge in [-0.15, -0.1) is 0 Å². The number of nitrogen functional groups attached to an aromatic ring is 1. The summed E-state index contributed by atoms with van der Waals surface area (Å²) in [5.74, 6) is -0.0719. The highest BCUT2D eigenvalue weighted by molar-refractivity contribution is 5.82. The van der Waals surface area contributed by atoms with E-state index in [-0.39, 0.29) is 23.7 Å². The Bertz CT molecular complexity index is 485. The number of fused-ring (bicyclic) bond motifs is 1. The number of rotatable bonds is 2. The second-order valence-corrected chi connectivity index (χ2v) is 5.34. The molecule has 1 aromatic carbocycles. The fraction of sp³-hybridized carbons (Fsp3) is 0.500. The Morgan fingerprint density at radius 2 is 2.32 bits per heavy atom. The van der Waals surface area contributed by atoms with Crippen LogP contribution in [0.2, 0.25) is 0 Å². The van der Waals surface area contributed by atoms with Crippen molar-refractivity contribution in [3.8, 4) is 0 Å². The molecule has 1 aromatic rings. The van der Waals surface area contributed by atoms with E-state index in [1.54, 1.807) is 12.1 Å². The van der Waals surface area contributed by atoms with Crippen molar-refractivity contribution in [1.82, 2.24) is 10.2 Å². The Labute approximate surface area is 111 Å². The molecule has 3 N–H and O–H groups in total. The molecule has 0 bridgehead atoms. The summed E-state index contributed by atoms with van der Waals surface area (Å²) >= 11 is 0. The summed E-state index contributed by atoms with van der Waals surface area (Å²) in [7, 11) is 0. The van der Waals surface area contributed by atoms with Gasteiger partial charge < -0.3 is 11.1 Å². The summed E-state index contributed by atoms with van der Waals surface area (Å²) in [4.78, 5) is 13.9. The van der Waals surface area contributed by atoms with Gasteiger partial charge in [-0.25, -0.2) is 4.39 Å². The van der Waals surface area contributed by atoms with Crippen molar-refractivity contribution >= 4 is 11.6 Å². The molecule has 0 aromatic heterocycles. The number of benzene rings is 1. The minimum absolute atomic E-state index is 0.0572. The van der Waals surface area contributed by atoms with E-state index < -0.39 is 0 Å². The minimum Gasteiger partial charge on any atom is -0.398 e. The smallest absolute Gasteiger partial charge is 0.224 e. The van der Waals surface area contributed by atoms with E-state index in [4.69, 9.17) is 5.73 Å². The molecule has 0 spiro atoms. The molecule has 2 aliphatic rings. The van der Waals surface area contributed by atoms with Crippen LogP contribution in [0.4, 0.5) is 10.1 Å². The fourth-order valence-corrected chi connectivity index (χ4v) is 3.18. The van der Waals surface area contributed by atoms with E-state index in [1.807, 2.05) is 0 Å². The van der Waals surface area contributed by atoms with E-state index in [0.29, 0.717) is 24.3 Å². The highest BCUT2D eigenvalue weighted by Gasteiger charge is 2.40. The molecular weight excluding hydrogens is 245 g/mol. The highest BCUT2D eigenvalue weighted by Crippen LogP contribution is 2.30. The van der Waals surface area contributed by atoms with Gasteiger partial charge >= 0.3 is 0 Å². The molecule has 102 valence electrons. The average molecular weight is 263 g/mol. The second-order valence-electron chi connectivity index (χ2n) is 5.34. The maximum absolute atomic E-state index is 13.8. The van der Waals surface area contributed by atoms with E-state index in [0.717, 1.165) is 19.4 Å². The molecule has 2 fully saturated rings. The van der Waals surface area contributed by atoms with E-state index in [2.05, 4.69) is 10.2 Å². The second kappa shape index (κ2) is 4.81. The Hall–Kier alpha value is -1.62. The Balaban J connectivity index is 1.81. The van der Waals surface area contributed by atoms with Gasteiger partial charge in [-0.05, 0) is 31.5 Å². The summed E-state index contributed by atoms with van der Waals surface area (Å²) in [5.41, 5.74) is 6.88. The molecular formula is C14H18FN3O. The molecule has 2 unspecified atom stereocenters. The van der Waals surface area contributed by atoms with Crippen LogP contribution in [0.25, 0.3) is 0 Å². The molecule has 0 radical (unpaired) electrons. The van der Waals surface area contributed by atoms with Crippen LogP contribution in [0.15, 0.2) is 18.2 Å². The third-order valence-electron chi connectivity index (χ3n) is 4.23. The Kier molecular flexibility index (Phi) is 3.14. The lowest BCUT2D eigenvalue weighted by Crippen LogP contribution is -2.45. The monoisotopic (exact) mass is 263 g/mol. The lowest BCUT2D eigenvalue weighted by molar-refractivity contribution is -0.124. The van der Waals surface area contributed by atoms with Gasteiger partial charge in [-0.2, -0.15) is 0 Å². The molecule has 0 saturated carbocycles. The molecule has 0 aliphatic carbocycles. The zero-order valence-electron chi connectivity index (χ0n) is 10.7. The Morgan fingerprint density at radius 3 is 3.11 bits per heavy atom. The zero-order chi connectivity index (χ0) is 13.4. The number of nitrogens with two attached hydrogens (primary N) is 1. The summed E-state index contributed by atoms with van der Waals surface area (Å²) in [6.07, 6.45) is 1.91. The Morgan fingerprint density at radius 1 is 1.47 bits per heavy atom. The van der Waals surface area contributed by atoms with Gasteiger partial charge in [0.25, 0.3) is 0 Å². The van der Waals surface area contributed by atoms with Crippen LogP contribution >= 0.6 is 0 Å². The molecule has 2 aliphatic heterocycles. The number of nitrogens with one attached hydrogen (secondary N) is 1. The number of halogens is 1. The molecule has 4 nitrogen and oxygen atoms in total. The van der Waals surface area contributed by atoms with Gasteiger partial charge in [0, 0.05) is 30.4 Å². The first-order chi connectivity index (χ1) is 9.16. The van der Waals surface area contributed by atoms with Crippen LogP contribution < -0.4 is 11.1 Å². The number of nitrogens with zero attached hydrogens (tertiary/aromatic N) is 1. The first-order valence-electron chi connectivity index (χ1n) is 6.71. The first kappa shape index (κ1) is 12.4. The summed E-state index contributed by atoms with van der Waals surface area (Å²) in [6, 6.07) is 4.96. The van der Waals surface area contributed by atoms with Crippen molar-refractivity contribution in [3.63, 3.8) is 0 Å². The average Bonchev–Trinajstić information content (AvgIpc) is 2.77. The number of carbonyl (C=O) groups excluding carboxylic acids is 1. The number of hydrogen-bond acceptors (Lipinski definition) is 3. The van der Waals surface area contributed by atoms with E-state index in [1.165, 1.54) is 6.07 Å². The third-order valence-corrected chi connectivity index (χ3v) is 4.23. The highest BCUT2D eigenvalue weighted by atomic mass is 19.1. The van der Waals surface area contributed by atoms with Crippen molar-refractivity contribution in [2.45, 2.75) is 25.4 Å². The maximum atomic E-state index is 13.8. The standard InChI is InChI=1S/C14H18FN3O/c15-11-4-1-5-12(16)10(11)8-18-6-2-3-9-13(18)7-17-14(9)19/h1,4-5,9,13H,2-3,6-8,16H2,(H,17,19). The van der Waals surface area contributed by atoms with Crippen molar-refractivity contribution in [1.29, 1.82) is 0 Å². The van der Waals surface area contributed by atoms with Gasteiger partial charge in [0.05, 0.1) is 5.92 Å². The number of likely N-dealkylation sites (tertiary alicyclic amines) is 1. The van der Waals surface area contributed by atoms with Crippen molar-refractivity contribution in [2.24, 2.45) is 5.92 Å². The summed E-state index contributed by atoms with van der Waals surface area (Å²) < 4.78 is 13.8. The molecule has 2 saturated heterocycles. The SMILES string of the molecule is Nc1cccc(F)c1CN1CCCC2C(=O)NCC21. The fourth-order valence-electron chi connectivity index (χ4n) is 3.18. The number of hydrogen-bond donors (Lipinski definition) is 2. The third kappa shape index (κ3) is 2.18. The number of anilines is 1. The normalized spacial score (nSPS) is 27.1. The molecule has 2 atom stereocenters. The minimum atomic E-state index is -0.264. The number of carbonyl (C=O) groups is 1. The van der Waals surface area contributed by atoms with Crippen LogP contribution in [0.5, 0.6) is 0 Å². The summed E-state index contributed by atoms with van der Waals surface area (Å²) in [5, 5.41) is 2.90. The predicted octanol–water partition coefficient (Wildman–Crippen LogP) is 1.12. The maximum Gasteiger partial charge on any atom is 0.224 e. The van der Waals surface area contributed by atoms with E-state index in [9.17, 15) is 9.18 Å². The van der Waals surface area contributed by atoms with Gasteiger partial charge in [0.15, 0.2) is 0 Å². The zero-order valence-corrected chi connectivity index (χ0v) is 10.7. The van der Waals surface area contributed by atoms with Crippen molar-refractivity contribution < 1.29 is 9.18 Å². The van der Waals surface area contributed by atoms with Gasteiger partial charge in [-0.1, -0.05) is 6.07 Å². The van der Waals surface area contributed by atoms with Crippen LogP contribution in [-0.2, 0) is 11.3 Å². The first-order valence-corrected chi connectivity index (χ1v) is 6.71. The van der Waals surface area contributed by atoms with Crippen molar-refractivity contribution in [3.05, 3.63) is 29.6 Å². The van der Waals surface area contributed by atoms with E-state index >= 15 is 0 Å². The molecule has 19 heavy (non-hydrogen) atoms. The molecule has 1 amide bonds. The number of piperidine rings is 1. The topological polar surface area (TPSA) is 58.4 Å². The predicted molar refractivity (Wildman–Crippen MR) is 70.7 cm³/mol. The van der Waals surface area contributed by atoms with Gasteiger partial charge in [-0.3, -0.25) is 9.69 Å². The van der Waals surface area contributed by atoms with Gasteiger partial charge in [0.1, 0.15) is 5.82 Å². The van der Waals surface area contributed by atoms with Gasteiger partial charge in [0.2, 0.25) is 5.91 Å². The number of amides is 1. The largest absolute Gasteiger partial charge is 0.398 e. The molecule has 3 rings (SSSR count). The quantitative estimate of drug-likeness (QED) is 0.786. The lowest BCUT2D eigenvalue weighted by atomic mass is 9.91. The van der Waals surface area contributed by atoms with Crippen LogP contribution in [0, 0.1) is 11.7 Å².